The summed E-state index contributed by atoms with van der Waals surface area (Å²) in [6, 6.07) is 21.6. The van der Waals surface area contributed by atoms with Crippen LogP contribution in [0.3, 0.4) is 0 Å². The largest absolute Gasteiger partial charge is 0.343 e. The number of anilines is 1. The zero-order valence-electron chi connectivity index (χ0n) is 18.8. The number of nitrogens with one attached hydrogen (secondary N) is 2. The average molecular weight is 452 g/mol. The molecule has 0 aliphatic rings. The highest BCUT2D eigenvalue weighted by atomic mass is 16.2. The lowest BCUT2D eigenvalue weighted by atomic mass is 10.1. The van der Waals surface area contributed by atoms with Gasteiger partial charge in [-0.2, -0.15) is 5.10 Å². The van der Waals surface area contributed by atoms with Crippen molar-refractivity contribution in [3.63, 3.8) is 0 Å². The fraction of sp³-hybridized carbons (Fsp3) is 0.111. The average Bonchev–Trinajstić information content (AvgIpc) is 3.25. The third-order valence-electron chi connectivity index (χ3n) is 5.09. The Hall–Kier alpha value is -4.52. The Morgan fingerprint density at radius 1 is 1.00 bits per heavy atom. The molecule has 7 nitrogen and oxygen atoms in total. The van der Waals surface area contributed by atoms with E-state index in [-0.39, 0.29) is 18.4 Å². The molecule has 0 aliphatic carbocycles. The normalized spacial score (nSPS) is 10.9. The van der Waals surface area contributed by atoms with Crippen LogP contribution in [-0.2, 0) is 16.1 Å². The van der Waals surface area contributed by atoms with E-state index in [9.17, 15) is 9.59 Å². The second kappa shape index (κ2) is 10.9. The minimum atomic E-state index is -0.369. The number of rotatable bonds is 8. The van der Waals surface area contributed by atoms with Crippen LogP contribution >= 0.6 is 0 Å². The van der Waals surface area contributed by atoms with E-state index in [0.717, 1.165) is 27.9 Å². The zero-order valence-corrected chi connectivity index (χ0v) is 18.8. The van der Waals surface area contributed by atoms with Gasteiger partial charge in [0.15, 0.2) is 0 Å². The van der Waals surface area contributed by atoms with E-state index in [0.29, 0.717) is 12.2 Å². The second-order valence-electron chi connectivity index (χ2n) is 7.82. The number of carbonyl (C=O) groups is 2. The van der Waals surface area contributed by atoms with Crippen molar-refractivity contribution >= 4 is 23.6 Å². The molecule has 34 heavy (non-hydrogen) atoms. The summed E-state index contributed by atoms with van der Waals surface area (Å²) < 4.78 is 1.86. The summed E-state index contributed by atoms with van der Waals surface area (Å²) in [6.45, 7) is 2.51. The Labute approximate surface area is 198 Å². The highest BCUT2D eigenvalue weighted by molar-refractivity contribution is 5.98. The first-order valence-corrected chi connectivity index (χ1v) is 10.9. The van der Waals surface area contributed by atoms with Crippen LogP contribution < -0.4 is 10.6 Å². The van der Waals surface area contributed by atoms with Gasteiger partial charge in [0.2, 0.25) is 11.8 Å². The van der Waals surface area contributed by atoms with Crippen LogP contribution in [0.5, 0.6) is 0 Å². The third kappa shape index (κ3) is 6.26. The highest BCUT2D eigenvalue weighted by Crippen LogP contribution is 2.24. The number of carbonyl (C=O) groups excluding carboxylic acids is 2. The summed E-state index contributed by atoms with van der Waals surface area (Å²) >= 11 is 0. The molecule has 0 spiro atoms. The summed E-state index contributed by atoms with van der Waals surface area (Å²) in [5.41, 5.74) is 5.44. The molecule has 170 valence electrons. The van der Waals surface area contributed by atoms with Crippen LogP contribution in [0.25, 0.3) is 17.3 Å². The molecule has 4 rings (SSSR count). The summed E-state index contributed by atoms with van der Waals surface area (Å²) in [5.74, 6) is -0.697. The molecule has 2 aromatic heterocycles. The SMILES string of the molecule is Cc1ccc(-c2nn(Cc3ccccc3)cc2/C=C/C(=O)NCC(=O)Nc2cccnc2)cc1. The van der Waals surface area contributed by atoms with Crippen molar-refractivity contribution in [3.8, 4) is 11.3 Å². The molecule has 0 atom stereocenters. The van der Waals surface area contributed by atoms with E-state index < -0.39 is 0 Å². The smallest absolute Gasteiger partial charge is 0.244 e. The summed E-state index contributed by atoms with van der Waals surface area (Å²) in [6.07, 6.45) is 8.21. The molecule has 0 unspecified atom stereocenters. The van der Waals surface area contributed by atoms with Crippen molar-refractivity contribution in [2.45, 2.75) is 13.5 Å². The molecule has 7 heteroatoms. The Bertz CT molecular complexity index is 1280. The lowest BCUT2D eigenvalue weighted by molar-refractivity contribution is -0.121. The molecule has 2 aromatic carbocycles. The van der Waals surface area contributed by atoms with Crippen LogP contribution in [0.2, 0.25) is 0 Å². The summed E-state index contributed by atoms with van der Waals surface area (Å²) in [7, 11) is 0. The number of aromatic nitrogens is 3. The van der Waals surface area contributed by atoms with Gasteiger partial charge in [0.1, 0.15) is 0 Å². The van der Waals surface area contributed by atoms with Gasteiger partial charge in [0, 0.05) is 29.6 Å². The predicted molar refractivity (Wildman–Crippen MR) is 133 cm³/mol. The molecule has 0 bridgehead atoms. The molecule has 0 fully saturated rings. The zero-order chi connectivity index (χ0) is 23.8. The molecule has 2 heterocycles. The maximum Gasteiger partial charge on any atom is 0.244 e. The van der Waals surface area contributed by atoms with Crippen LogP contribution in [0.4, 0.5) is 5.69 Å². The second-order valence-corrected chi connectivity index (χ2v) is 7.82. The number of hydrogen-bond donors (Lipinski definition) is 2. The van der Waals surface area contributed by atoms with Gasteiger partial charge >= 0.3 is 0 Å². The fourth-order valence-corrected chi connectivity index (χ4v) is 3.38. The fourth-order valence-electron chi connectivity index (χ4n) is 3.38. The standard InChI is InChI=1S/C27H25N5O2/c1-20-9-11-22(12-10-20)27-23(19-32(31-27)18-21-6-3-2-4-7-21)13-14-25(33)29-17-26(34)30-24-8-5-15-28-16-24/h2-16,19H,17-18H2,1H3,(H,29,33)(H,30,34)/b14-13+. The topological polar surface area (TPSA) is 88.9 Å². The first-order valence-electron chi connectivity index (χ1n) is 10.9. The lowest BCUT2D eigenvalue weighted by Crippen LogP contribution is -2.31. The molecule has 2 amide bonds. The molecule has 0 radical (unpaired) electrons. The number of nitrogens with zero attached hydrogens (tertiary/aromatic N) is 3. The van der Waals surface area contributed by atoms with E-state index in [4.69, 9.17) is 5.10 Å². The lowest BCUT2D eigenvalue weighted by Gasteiger charge is -2.04. The highest BCUT2D eigenvalue weighted by Gasteiger charge is 2.11. The van der Waals surface area contributed by atoms with E-state index in [1.54, 1.807) is 30.6 Å². The Morgan fingerprint density at radius 3 is 2.53 bits per heavy atom. The van der Waals surface area contributed by atoms with Crippen molar-refractivity contribution < 1.29 is 9.59 Å². The van der Waals surface area contributed by atoms with E-state index >= 15 is 0 Å². The first-order chi connectivity index (χ1) is 16.6. The van der Waals surface area contributed by atoms with Gasteiger partial charge in [-0.3, -0.25) is 19.3 Å². The number of hydrogen-bond acceptors (Lipinski definition) is 4. The van der Waals surface area contributed by atoms with Crippen molar-refractivity contribution in [2.24, 2.45) is 0 Å². The number of amides is 2. The van der Waals surface area contributed by atoms with Crippen LogP contribution in [0.1, 0.15) is 16.7 Å². The summed E-state index contributed by atoms with van der Waals surface area (Å²) in [5, 5.41) is 10.0. The maximum atomic E-state index is 12.3. The van der Waals surface area contributed by atoms with Crippen molar-refractivity contribution in [2.75, 3.05) is 11.9 Å². The molecule has 2 N–H and O–H groups in total. The minimum absolute atomic E-state index is 0.143. The Balaban J connectivity index is 1.46. The van der Waals surface area contributed by atoms with E-state index in [1.807, 2.05) is 72.4 Å². The third-order valence-corrected chi connectivity index (χ3v) is 5.09. The van der Waals surface area contributed by atoms with Crippen molar-refractivity contribution in [3.05, 3.63) is 108 Å². The first kappa shape index (κ1) is 22.7. The molecular formula is C27H25N5O2. The quantitative estimate of drug-likeness (QED) is 0.395. The van der Waals surface area contributed by atoms with Gasteiger partial charge < -0.3 is 10.6 Å². The number of benzene rings is 2. The molecule has 4 aromatic rings. The van der Waals surface area contributed by atoms with Crippen LogP contribution in [-0.4, -0.2) is 33.1 Å². The van der Waals surface area contributed by atoms with Gasteiger partial charge in [-0.05, 0) is 30.7 Å². The van der Waals surface area contributed by atoms with Gasteiger partial charge in [0.25, 0.3) is 0 Å². The van der Waals surface area contributed by atoms with Gasteiger partial charge in [-0.15, -0.1) is 0 Å². The maximum absolute atomic E-state index is 12.3. The Morgan fingerprint density at radius 2 is 1.79 bits per heavy atom. The van der Waals surface area contributed by atoms with Gasteiger partial charge in [-0.25, -0.2) is 0 Å². The van der Waals surface area contributed by atoms with Gasteiger partial charge in [-0.1, -0.05) is 60.2 Å². The van der Waals surface area contributed by atoms with Crippen LogP contribution in [0.15, 0.2) is 91.4 Å². The minimum Gasteiger partial charge on any atom is -0.343 e. The summed E-state index contributed by atoms with van der Waals surface area (Å²) in [4.78, 5) is 28.3. The number of aryl methyl sites for hydroxylation is 1. The van der Waals surface area contributed by atoms with Crippen molar-refractivity contribution in [1.29, 1.82) is 0 Å². The van der Waals surface area contributed by atoms with E-state index in [2.05, 4.69) is 15.6 Å². The van der Waals surface area contributed by atoms with Crippen LogP contribution in [0, 0.1) is 6.92 Å². The molecule has 0 aliphatic heterocycles. The van der Waals surface area contributed by atoms with Gasteiger partial charge in [0.05, 0.1) is 30.7 Å². The molecular weight excluding hydrogens is 426 g/mol. The molecule has 0 saturated carbocycles. The van der Waals surface area contributed by atoms with E-state index in [1.165, 1.54) is 6.08 Å². The monoisotopic (exact) mass is 451 g/mol. The molecule has 0 saturated heterocycles. The predicted octanol–water partition coefficient (Wildman–Crippen LogP) is 4.07. The Kier molecular flexibility index (Phi) is 7.25. The van der Waals surface area contributed by atoms with Crippen molar-refractivity contribution in [1.82, 2.24) is 20.1 Å². The number of pyridine rings is 1.